The molecule has 0 aromatic heterocycles. The van der Waals surface area contributed by atoms with E-state index in [9.17, 15) is 4.79 Å². The van der Waals surface area contributed by atoms with Crippen LogP contribution in [-0.2, 0) is 16.0 Å². The minimum Gasteiger partial charge on any atom is -0.493 e. The number of ether oxygens (including phenoxy) is 3. The molecule has 2 heterocycles. The van der Waals surface area contributed by atoms with Crippen LogP contribution in [0.25, 0.3) is 0 Å². The zero-order valence-corrected chi connectivity index (χ0v) is 15.3. The molecular formula is C19H26N2O4. The molecule has 1 aromatic carbocycles. The van der Waals surface area contributed by atoms with E-state index in [1.54, 1.807) is 14.2 Å². The van der Waals surface area contributed by atoms with E-state index in [2.05, 4.69) is 4.90 Å². The molecule has 2 aliphatic rings. The first-order chi connectivity index (χ1) is 11.9. The van der Waals surface area contributed by atoms with E-state index >= 15 is 0 Å². The zero-order valence-electron chi connectivity index (χ0n) is 15.3. The first kappa shape index (κ1) is 17.7. The Morgan fingerprint density at radius 2 is 1.92 bits per heavy atom. The summed E-state index contributed by atoms with van der Waals surface area (Å²) in [6, 6.07) is 4.17. The number of piperidine rings is 1. The average Bonchev–Trinajstić information content (AvgIpc) is 2.59. The highest BCUT2D eigenvalue weighted by Crippen LogP contribution is 2.42. The number of nitrogens with one attached hydrogen (secondary N) is 1. The second-order valence-electron chi connectivity index (χ2n) is 6.93. The molecule has 6 nitrogen and oxygen atoms in total. The SMILES string of the molecule is COc1cc2c(cc1OC)[C@@H]1CC(=N)C(C(=O)OC(C)C)CN1CC2. The van der Waals surface area contributed by atoms with Crippen LogP contribution in [0.4, 0.5) is 0 Å². The lowest BCUT2D eigenvalue weighted by atomic mass is 9.82. The van der Waals surface area contributed by atoms with E-state index in [4.69, 9.17) is 19.6 Å². The number of carbonyl (C=O) groups is 1. The summed E-state index contributed by atoms with van der Waals surface area (Å²) in [6.45, 7) is 5.09. The van der Waals surface area contributed by atoms with Crippen molar-refractivity contribution in [2.45, 2.75) is 38.8 Å². The standard InChI is InChI=1S/C19H26N2O4/c1-11(2)25-19(22)14-10-21-6-5-12-7-17(23-3)18(24-4)8-13(12)16(21)9-15(14)20/h7-8,11,14,16,20H,5-6,9-10H2,1-4H3/t14?,16-/m0/s1. The number of carbonyl (C=O) groups excluding carboxylic acids is 1. The molecule has 0 amide bonds. The van der Waals surface area contributed by atoms with Gasteiger partial charge in [0.2, 0.25) is 0 Å². The molecule has 1 unspecified atom stereocenters. The second kappa shape index (κ2) is 7.04. The lowest BCUT2D eigenvalue weighted by Gasteiger charge is -2.43. The first-order valence-electron chi connectivity index (χ1n) is 8.71. The van der Waals surface area contributed by atoms with Gasteiger partial charge in [-0.25, -0.2) is 0 Å². The van der Waals surface area contributed by atoms with Crippen LogP contribution in [0.2, 0.25) is 0 Å². The van der Waals surface area contributed by atoms with E-state index in [0.29, 0.717) is 24.4 Å². The molecule has 6 heteroatoms. The Hall–Kier alpha value is -2.08. The van der Waals surface area contributed by atoms with Crippen molar-refractivity contribution in [3.63, 3.8) is 0 Å². The summed E-state index contributed by atoms with van der Waals surface area (Å²) >= 11 is 0. The molecule has 25 heavy (non-hydrogen) atoms. The van der Waals surface area contributed by atoms with Gasteiger partial charge in [0, 0.05) is 31.3 Å². The van der Waals surface area contributed by atoms with Crippen LogP contribution < -0.4 is 9.47 Å². The number of benzene rings is 1. The molecular weight excluding hydrogens is 320 g/mol. The highest BCUT2D eigenvalue weighted by atomic mass is 16.5. The van der Waals surface area contributed by atoms with E-state index in [-0.39, 0.29) is 18.1 Å². The molecule has 1 aromatic rings. The average molecular weight is 346 g/mol. The summed E-state index contributed by atoms with van der Waals surface area (Å²) in [5.41, 5.74) is 2.86. The van der Waals surface area contributed by atoms with Crippen molar-refractivity contribution >= 4 is 11.7 Å². The highest BCUT2D eigenvalue weighted by molar-refractivity contribution is 6.01. The highest BCUT2D eigenvalue weighted by Gasteiger charge is 2.40. The van der Waals surface area contributed by atoms with Crippen molar-refractivity contribution in [2.75, 3.05) is 27.3 Å². The van der Waals surface area contributed by atoms with E-state index in [1.165, 1.54) is 11.1 Å². The maximum atomic E-state index is 12.3. The largest absolute Gasteiger partial charge is 0.493 e. The van der Waals surface area contributed by atoms with Crippen molar-refractivity contribution in [3.8, 4) is 11.5 Å². The molecule has 0 radical (unpaired) electrons. The van der Waals surface area contributed by atoms with E-state index in [1.807, 2.05) is 26.0 Å². The number of rotatable bonds is 4. The Balaban J connectivity index is 1.86. The molecule has 0 spiro atoms. The molecule has 0 aliphatic carbocycles. The van der Waals surface area contributed by atoms with Gasteiger partial charge >= 0.3 is 5.97 Å². The predicted molar refractivity (Wildman–Crippen MR) is 94.6 cm³/mol. The Morgan fingerprint density at radius 1 is 1.24 bits per heavy atom. The Bertz CT molecular complexity index is 686. The smallest absolute Gasteiger partial charge is 0.316 e. The molecule has 1 saturated heterocycles. The van der Waals surface area contributed by atoms with Crippen LogP contribution in [0.5, 0.6) is 11.5 Å². The summed E-state index contributed by atoms with van der Waals surface area (Å²) in [5, 5.41) is 8.38. The number of fused-ring (bicyclic) bond motifs is 3. The topological polar surface area (TPSA) is 71.8 Å². The van der Waals surface area contributed by atoms with Gasteiger partial charge in [0.1, 0.15) is 5.92 Å². The summed E-state index contributed by atoms with van der Waals surface area (Å²) in [6.07, 6.45) is 1.28. The molecule has 2 aliphatic heterocycles. The summed E-state index contributed by atoms with van der Waals surface area (Å²) < 4.78 is 16.2. The van der Waals surface area contributed by atoms with Crippen molar-refractivity contribution in [3.05, 3.63) is 23.3 Å². The van der Waals surface area contributed by atoms with Gasteiger partial charge in [-0.05, 0) is 43.5 Å². The minimum absolute atomic E-state index is 0.110. The van der Waals surface area contributed by atoms with Crippen LogP contribution in [-0.4, -0.2) is 50.0 Å². The molecule has 2 atom stereocenters. The van der Waals surface area contributed by atoms with Gasteiger partial charge < -0.3 is 19.6 Å². The van der Waals surface area contributed by atoms with Crippen molar-refractivity contribution in [1.82, 2.24) is 4.90 Å². The van der Waals surface area contributed by atoms with Crippen molar-refractivity contribution < 1.29 is 19.0 Å². The van der Waals surface area contributed by atoms with E-state index < -0.39 is 5.92 Å². The van der Waals surface area contributed by atoms with Gasteiger partial charge in [0.15, 0.2) is 11.5 Å². The van der Waals surface area contributed by atoms with Gasteiger partial charge in [-0.2, -0.15) is 0 Å². The lowest BCUT2D eigenvalue weighted by Crippen LogP contribution is -2.49. The summed E-state index contributed by atoms with van der Waals surface area (Å²) in [7, 11) is 3.27. The Kier molecular flexibility index (Phi) is 4.99. The molecule has 0 bridgehead atoms. The van der Waals surface area contributed by atoms with Crippen LogP contribution in [0.3, 0.4) is 0 Å². The van der Waals surface area contributed by atoms with Crippen LogP contribution in [0.15, 0.2) is 12.1 Å². The van der Waals surface area contributed by atoms with Crippen LogP contribution in [0.1, 0.15) is 37.4 Å². The Morgan fingerprint density at radius 3 is 2.56 bits per heavy atom. The van der Waals surface area contributed by atoms with E-state index in [0.717, 1.165) is 18.7 Å². The molecule has 3 rings (SSSR count). The predicted octanol–water partition coefficient (Wildman–Crippen LogP) is 2.59. The molecule has 0 saturated carbocycles. The van der Waals surface area contributed by atoms with Gasteiger partial charge in [-0.15, -0.1) is 0 Å². The number of hydrogen-bond donors (Lipinski definition) is 1. The second-order valence-corrected chi connectivity index (χ2v) is 6.93. The number of hydrogen-bond acceptors (Lipinski definition) is 6. The number of nitrogens with zero attached hydrogens (tertiary/aromatic N) is 1. The quantitative estimate of drug-likeness (QED) is 0.849. The van der Waals surface area contributed by atoms with Crippen molar-refractivity contribution in [2.24, 2.45) is 5.92 Å². The molecule has 136 valence electrons. The van der Waals surface area contributed by atoms with Gasteiger partial charge in [0.25, 0.3) is 0 Å². The summed E-state index contributed by atoms with van der Waals surface area (Å²) in [4.78, 5) is 14.6. The molecule has 1 fully saturated rings. The van der Waals surface area contributed by atoms with Gasteiger partial charge in [-0.3, -0.25) is 9.69 Å². The zero-order chi connectivity index (χ0) is 18.1. The maximum Gasteiger partial charge on any atom is 0.316 e. The van der Waals surface area contributed by atoms with Crippen LogP contribution in [0, 0.1) is 11.3 Å². The number of methoxy groups -OCH3 is 2. The fraction of sp³-hybridized carbons (Fsp3) is 0.579. The van der Waals surface area contributed by atoms with Gasteiger partial charge in [0.05, 0.1) is 20.3 Å². The van der Waals surface area contributed by atoms with Gasteiger partial charge in [-0.1, -0.05) is 0 Å². The molecule has 1 N–H and O–H groups in total. The fourth-order valence-electron chi connectivity index (χ4n) is 3.76. The lowest BCUT2D eigenvalue weighted by molar-refractivity contribution is -0.151. The third kappa shape index (κ3) is 3.35. The summed E-state index contributed by atoms with van der Waals surface area (Å²) in [5.74, 6) is 0.701. The monoisotopic (exact) mass is 346 g/mol. The van der Waals surface area contributed by atoms with Crippen molar-refractivity contribution in [1.29, 1.82) is 5.41 Å². The minimum atomic E-state index is -0.458. The maximum absolute atomic E-state index is 12.3. The third-order valence-corrected chi connectivity index (χ3v) is 5.00. The fourth-order valence-corrected chi connectivity index (χ4v) is 3.76. The third-order valence-electron chi connectivity index (χ3n) is 5.00. The number of esters is 1. The normalized spacial score (nSPS) is 23.0. The van der Waals surface area contributed by atoms with Crippen LogP contribution >= 0.6 is 0 Å². The Labute approximate surface area is 148 Å². The first-order valence-corrected chi connectivity index (χ1v) is 8.71.